The third-order valence-electron chi connectivity index (χ3n) is 4.49. The predicted molar refractivity (Wildman–Crippen MR) is 87.4 cm³/mol. The summed E-state index contributed by atoms with van der Waals surface area (Å²) < 4.78 is 1.96. The van der Waals surface area contributed by atoms with Crippen molar-refractivity contribution in [2.45, 2.75) is 19.1 Å². The Balaban J connectivity index is 1.97. The van der Waals surface area contributed by atoms with Crippen LogP contribution in [0.25, 0.3) is 10.9 Å². The summed E-state index contributed by atoms with van der Waals surface area (Å²) >= 11 is 0. The molecular weight excluding hydrogens is 294 g/mol. The molecule has 0 radical (unpaired) electrons. The molecule has 1 aliphatic heterocycles. The van der Waals surface area contributed by atoms with Crippen molar-refractivity contribution < 1.29 is 20.3 Å². The third kappa shape index (κ3) is 2.97. The molecule has 0 spiro atoms. The van der Waals surface area contributed by atoms with Crippen molar-refractivity contribution in [3.05, 3.63) is 35.5 Å². The number of rotatable bonds is 6. The Bertz CT molecular complexity index is 710. The first kappa shape index (κ1) is 16.0. The van der Waals surface area contributed by atoms with Crippen molar-refractivity contribution in [1.82, 2.24) is 9.47 Å². The molecule has 0 fully saturated rings. The largest absolute Gasteiger partial charge is 0.391 e. The number of fused-ring (bicyclic) bond motifs is 3. The number of likely N-dealkylation sites (N-methyl/N-ethyl adjacent to an activating group) is 1. The molecule has 1 atom stereocenters. The van der Waals surface area contributed by atoms with Crippen LogP contribution >= 0.6 is 0 Å². The molecule has 0 saturated heterocycles. The number of carbonyl (C=O) groups excluding carboxylic acids is 1. The number of amides is 1. The molecule has 23 heavy (non-hydrogen) atoms. The Morgan fingerprint density at radius 3 is 2.91 bits per heavy atom. The van der Waals surface area contributed by atoms with E-state index in [0.29, 0.717) is 25.3 Å². The summed E-state index contributed by atoms with van der Waals surface area (Å²) in [5, 5.41) is 22.1. The minimum absolute atomic E-state index is 0.0222. The number of para-hydroxylation sites is 1. The number of aromatic nitrogens is 1. The molecule has 1 aromatic carbocycles. The van der Waals surface area contributed by atoms with Crippen molar-refractivity contribution in [1.29, 1.82) is 0 Å². The van der Waals surface area contributed by atoms with Crippen molar-refractivity contribution in [3.63, 3.8) is 0 Å². The van der Waals surface area contributed by atoms with Crippen molar-refractivity contribution in [2.24, 2.45) is 0 Å². The highest BCUT2D eigenvalue weighted by atomic mass is 16.3. The fourth-order valence-corrected chi connectivity index (χ4v) is 3.31. The van der Waals surface area contributed by atoms with Gasteiger partial charge in [0.15, 0.2) is 0 Å². The van der Waals surface area contributed by atoms with Crippen LogP contribution in [0.1, 0.15) is 16.1 Å². The number of nitrogens with two attached hydrogens (primary N) is 1. The van der Waals surface area contributed by atoms with E-state index in [9.17, 15) is 9.90 Å². The number of nitrogens with zero attached hydrogens (tertiary/aromatic N) is 2. The standard InChI is InChI=1S/C17H23N3O3/c1-19-8-6-14-13-4-2-3-5-15(13)20(16(14)17(19)23)11-12(22)10-18-7-9-21/h2-5,12,18,21-22H,6-11H2,1H3/p+1/t12-/m0/s1. The zero-order valence-corrected chi connectivity index (χ0v) is 13.4. The van der Waals surface area contributed by atoms with Crippen molar-refractivity contribution in [2.75, 3.05) is 33.3 Å². The number of aliphatic hydroxyl groups is 2. The summed E-state index contributed by atoms with van der Waals surface area (Å²) in [6.07, 6.45) is 0.277. The molecule has 2 heterocycles. The van der Waals surface area contributed by atoms with E-state index in [1.54, 1.807) is 4.90 Å². The average Bonchev–Trinajstić information content (AvgIpc) is 2.86. The molecule has 1 amide bonds. The fourth-order valence-electron chi connectivity index (χ4n) is 3.31. The number of hydrogen-bond acceptors (Lipinski definition) is 3. The van der Waals surface area contributed by atoms with Crippen LogP contribution in [0.5, 0.6) is 0 Å². The van der Waals surface area contributed by atoms with Gasteiger partial charge in [0.25, 0.3) is 5.91 Å². The van der Waals surface area contributed by atoms with Gasteiger partial charge >= 0.3 is 0 Å². The van der Waals surface area contributed by atoms with E-state index < -0.39 is 6.10 Å². The molecular formula is C17H24N3O3+. The van der Waals surface area contributed by atoms with Gasteiger partial charge in [-0.2, -0.15) is 0 Å². The van der Waals surface area contributed by atoms with Gasteiger partial charge in [0.05, 0.1) is 19.7 Å². The van der Waals surface area contributed by atoms with Gasteiger partial charge in [-0.3, -0.25) is 4.79 Å². The van der Waals surface area contributed by atoms with E-state index in [-0.39, 0.29) is 12.5 Å². The Morgan fingerprint density at radius 1 is 1.35 bits per heavy atom. The average molecular weight is 318 g/mol. The van der Waals surface area contributed by atoms with Crippen molar-refractivity contribution >= 4 is 16.8 Å². The molecule has 3 rings (SSSR count). The molecule has 6 heteroatoms. The Labute approximate surface area is 135 Å². The van der Waals surface area contributed by atoms with Gasteiger partial charge in [-0.1, -0.05) is 18.2 Å². The molecule has 124 valence electrons. The lowest BCUT2D eigenvalue weighted by atomic mass is 10.0. The second-order valence-corrected chi connectivity index (χ2v) is 6.12. The SMILES string of the molecule is CN1CCc2c(n(C[C@@H](O)C[NH2+]CCO)c3ccccc23)C1=O. The molecule has 6 nitrogen and oxygen atoms in total. The van der Waals surface area contributed by atoms with Crippen LogP contribution < -0.4 is 5.32 Å². The fraction of sp³-hybridized carbons (Fsp3) is 0.471. The van der Waals surface area contributed by atoms with Gasteiger partial charge in [-0.15, -0.1) is 0 Å². The van der Waals surface area contributed by atoms with Gasteiger partial charge in [0.1, 0.15) is 18.3 Å². The lowest BCUT2D eigenvalue weighted by Crippen LogP contribution is -2.87. The summed E-state index contributed by atoms with van der Waals surface area (Å²) in [6.45, 7) is 2.29. The molecule has 4 N–H and O–H groups in total. The smallest absolute Gasteiger partial charge is 0.270 e. The molecule has 1 aromatic heterocycles. The van der Waals surface area contributed by atoms with E-state index in [4.69, 9.17) is 5.11 Å². The highest BCUT2D eigenvalue weighted by molar-refractivity contribution is 6.02. The van der Waals surface area contributed by atoms with E-state index >= 15 is 0 Å². The first-order valence-corrected chi connectivity index (χ1v) is 8.09. The van der Waals surface area contributed by atoms with Gasteiger partial charge in [0, 0.05) is 24.5 Å². The van der Waals surface area contributed by atoms with Crippen LogP contribution in [0.4, 0.5) is 0 Å². The molecule has 0 bridgehead atoms. The third-order valence-corrected chi connectivity index (χ3v) is 4.49. The highest BCUT2D eigenvalue weighted by Crippen LogP contribution is 2.30. The maximum Gasteiger partial charge on any atom is 0.270 e. The zero-order valence-electron chi connectivity index (χ0n) is 13.4. The number of aliphatic hydroxyl groups excluding tert-OH is 2. The van der Waals surface area contributed by atoms with Gasteiger partial charge in [0.2, 0.25) is 0 Å². The van der Waals surface area contributed by atoms with E-state index in [0.717, 1.165) is 29.4 Å². The van der Waals surface area contributed by atoms with Crippen LogP contribution in [0.3, 0.4) is 0 Å². The quantitative estimate of drug-likeness (QED) is 0.609. The van der Waals surface area contributed by atoms with E-state index in [2.05, 4.69) is 0 Å². The van der Waals surface area contributed by atoms with Crippen LogP contribution in [-0.4, -0.2) is 65.0 Å². The lowest BCUT2D eigenvalue weighted by molar-refractivity contribution is -0.662. The van der Waals surface area contributed by atoms with Gasteiger partial charge in [-0.05, 0) is 18.1 Å². The first-order valence-electron chi connectivity index (χ1n) is 8.09. The summed E-state index contributed by atoms with van der Waals surface area (Å²) in [4.78, 5) is 14.4. The van der Waals surface area contributed by atoms with Crippen LogP contribution in [0.2, 0.25) is 0 Å². The minimum atomic E-state index is -0.568. The summed E-state index contributed by atoms with van der Waals surface area (Å²) in [5.74, 6) is 0.0222. The van der Waals surface area contributed by atoms with E-state index in [1.165, 1.54) is 0 Å². The molecule has 1 aliphatic rings. The van der Waals surface area contributed by atoms with Gasteiger partial charge < -0.3 is 25.0 Å². The van der Waals surface area contributed by atoms with Gasteiger partial charge in [-0.25, -0.2) is 0 Å². The summed E-state index contributed by atoms with van der Waals surface area (Å²) in [7, 11) is 1.82. The number of benzene rings is 1. The zero-order chi connectivity index (χ0) is 16.4. The predicted octanol–water partition coefficient (Wildman–Crippen LogP) is -0.814. The number of hydrogen-bond donors (Lipinski definition) is 3. The summed E-state index contributed by atoms with van der Waals surface area (Å²) in [6, 6.07) is 8.00. The maximum atomic E-state index is 12.6. The molecule has 0 unspecified atom stereocenters. The number of carbonyl (C=O) groups is 1. The van der Waals surface area contributed by atoms with E-state index in [1.807, 2.05) is 41.2 Å². The number of quaternary nitrogens is 1. The summed E-state index contributed by atoms with van der Waals surface area (Å²) in [5.41, 5.74) is 2.80. The molecule has 2 aromatic rings. The Morgan fingerprint density at radius 2 is 2.13 bits per heavy atom. The molecule has 0 saturated carbocycles. The lowest BCUT2D eigenvalue weighted by Gasteiger charge is -2.25. The van der Waals surface area contributed by atoms with Crippen LogP contribution in [0, 0.1) is 0 Å². The topological polar surface area (TPSA) is 82.3 Å². The Kier molecular flexibility index (Phi) is 4.66. The minimum Gasteiger partial charge on any atom is -0.391 e. The highest BCUT2D eigenvalue weighted by Gasteiger charge is 2.29. The normalized spacial score (nSPS) is 16.0. The Hall–Kier alpha value is -1.89. The molecule has 0 aliphatic carbocycles. The first-order chi connectivity index (χ1) is 11.1. The monoisotopic (exact) mass is 318 g/mol. The van der Waals surface area contributed by atoms with Crippen molar-refractivity contribution in [3.8, 4) is 0 Å². The second-order valence-electron chi connectivity index (χ2n) is 6.12. The maximum absolute atomic E-state index is 12.6. The van der Waals surface area contributed by atoms with Crippen LogP contribution in [0.15, 0.2) is 24.3 Å². The second kappa shape index (κ2) is 6.70. The van der Waals surface area contributed by atoms with Crippen LogP contribution in [-0.2, 0) is 13.0 Å².